The lowest BCUT2D eigenvalue weighted by Gasteiger charge is -2.20. The van der Waals surface area contributed by atoms with Crippen molar-refractivity contribution in [2.75, 3.05) is 0 Å². The third-order valence-electron chi connectivity index (χ3n) is 3.97. The molecule has 0 saturated heterocycles. The number of nitrogens with zero attached hydrogens (tertiary/aromatic N) is 1. The van der Waals surface area contributed by atoms with Crippen molar-refractivity contribution in [3.63, 3.8) is 0 Å². The van der Waals surface area contributed by atoms with Crippen LogP contribution in [0.1, 0.15) is 55.0 Å². The molecule has 0 unspecified atom stereocenters. The van der Waals surface area contributed by atoms with Crippen LogP contribution >= 0.6 is 0 Å². The summed E-state index contributed by atoms with van der Waals surface area (Å²) < 4.78 is 46.3. The molecule has 1 aromatic carbocycles. The number of aromatic carboxylic acids is 1. The fourth-order valence-electron chi connectivity index (χ4n) is 2.89. The predicted octanol–water partition coefficient (Wildman–Crippen LogP) is 4.78. The summed E-state index contributed by atoms with van der Waals surface area (Å²) in [5.74, 6) is -1.47. The molecule has 2 rings (SSSR count). The molecule has 0 bridgehead atoms. The number of benzene rings is 1. The van der Waals surface area contributed by atoms with Gasteiger partial charge in [-0.15, -0.1) is 0 Å². The van der Waals surface area contributed by atoms with Crippen LogP contribution in [-0.2, 0) is 23.9 Å². The van der Waals surface area contributed by atoms with Gasteiger partial charge in [0.1, 0.15) is 11.3 Å². The zero-order valence-corrected chi connectivity index (χ0v) is 16.6. The molecule has 29 heavy (non-hydrogen) atoms. The number of aromatic nitrogens is 1. The van der Waals surface area contributed by atoms with E-state index in [2.05, 4.69) is 5.32 Å². The minimum atomic E-state index is -4.67. The van der Waals surface area contributed by atoms with E-state index in [9.17, 15) is 27.9 Å². The topological polar surface area (TPSA) is 80.6 Å². The van der Waals surface area contributed by atoms with Crippen LogP contribution in [0.2, 0.25) is 0 Å². The van der Waals surface area contributed by atoms with Crippen LogP contribution in [0.25, 0.3) is 5.69 Å². The van der Waals surface area contributed by atoms with Crippen LogP contribution < -0.4 is 5.32 Å². The lowest BCUT2D eigenvalue weighted by molar-refractivity contribution is -0.138. The number of carboxylic acids is 1. The zero-order chi connectivity index (χ0) is 22.0. The van der Waals surface area contributed by atoms with Gasteiger partial charge in [0.05, 0.1) is 5.56 Å². The molecule has 0 atom stereocenters. The number of nitrogens with one attached hydrogen (secondary N) is 1. The first-order valence-corrected chi connectivity index (χ1v) is 8.94. The molecule has 1 heterocycles. The molecule has 2 N–H and O–H groups in total. The quantitative estimate of drug-likeness (QED) is 0.741. The molecule has 9 heteroatoms. The number of hydrogen-bond acceptors (Lipinski definition) is 3. The first-order chi connectivity index (χ1) is 13.3. The zero-order valence-electron chi connectivity index (χ0n) is 16.6. The summed E-state index contributed by atoms with van der Waals surface area (Å²) in [6.07, 6.45) is -5.32. The molecule has 0 spiro atoms. The van der Waals surface area contributed by atoms with Crippen molar-refractivity contribution in [1.29, 1.82) is 0 Å². The van der Waals surface area contributed by atoms with Gasteiger partial charge >= 0.3 is 18.2 Å². The van der Waals surface area contributed by atoms with E-state index >= 15 is 0 Å². The lowest BCUT2D eigenvalue weighted by Crippen LogP contribution is -2.32. The van der Waals surface area contributed by atoms with E-state index in [0.29, 0.717) is 11.6 Å². The second-order valence-electron chi connectivity index (χ2n) is 7.41. The summed E-state index contributed by atoms with van der Waals surface area (Å²) in [5, 5.41) is 12.0. The molecule has 2 aromatic rings. The normalized spacial score (nSPS) is 12.0. The van der Waals surface area contributed by atoms with Crippen molar-refractivity contribution in [3.05, 3.63) is 52.8 Å². The molecule has 0 saturated carbocycles. The van der Waals surface area contributed by atoms with E-state index in [1.54, 1.807) is 32.9 Å². The number of rotatable bonds is 5. The van der Waals surface area contributed by atoms with Crippen LogP contribution in [-0.4, -0.2) is 27.3 Å². The first-order valence-electron chi connectivity index (χ1n) is 8.94. The standard InChI is InChI=1S/C20H23F3N2O4/c1-5-15-14(20(21,22)23)10-16(17(26)27)25(15)13-8-6-7-12(9-13)11-24-18(28)29-19(2,3)4/h6-10H,5,11H2,1-4H3,(H,24,28)(H,26,27). The Hall–Kier alpha value is -2.97. The number of ether oxygens (including phenoxy) is 1. The maximum atomic E-state index is 13.4. The largest absolute Gasteiger partial charge is 0.477 e. The van der Waals surface area contributed by atoms with Crippen LogP contribution in [0, 0.1) is 0 Å². The maximum Gasteiger partial charge on any atom is 0.418 e. The Balaban J connectivity index is 2.41. The third kappa shape index (κ3) is 5.52. The Bertz CT molecular complexity index is 911. The Labute approximate surface area is 166 Å². The number of carbonyl (C=O) groups excluding carboxylic acids is 1. The molecular formula is C20H23F3N2O4. The summed E-state index contributed by atoms with van der Waals surface area (Å²) in [6.45, 7) is 6.76. The van der Waals surface area contributed by atoms with Gasteiger partial charge in [0, 0.05) is 17.9 Å². The number of halogens is 3. The van der Waals surface area contributed by atoms with E-state index in [-0.39, 0.29) is 24.3 Å². The first kappa shape index (κ1) is 22.3. The van der Waals surface area contributed by atoms with Crippen molar-refractivity contribution >= 4 is 12.1 Å². The molecule has 0 aliphatic rings. The highest BCUT2D eigenvalue weighted by atomic mass is 19.4. The van der Waals surface area contributed by atoms with Gasteiger partial charge in [-0.05, 0) is 51.0 Å². The van der Waals surface area contributed by atoms with Gasteiger partial charge in [-0.25, -0.2) is 9.59 Å². The van der Waals surface area contributed by atoms with Crippen LogP contribution in [0.4, 0.5) is 18.0 Å². The Morgan fingerprint density at radius 3 is 2.34 bits per heavy atom. The molecule has 1 aromatic heterocycles. The monoisotopic (exact) mass is 412 g/mol. The average molecular weight is 412 g/mol. The van der Waals surface area contributed by atoms with Gasteiger partial charge < -0.3 is 19.7 Å². The number of carbonyl (C=O) groups is 2. The summed E-state index contributed by atoms with van der Waals surface area (Å²) in [7, 11) is 0. The number of amides is 1. The van der Waals surface area contributed by atoms with E-state index in [0.717, 1.165) is 4.57 Å². The minimum absolute atomic E-state index is 0.0114. The van der Waals surface area contributed by atoms with Crippen LogP contribution in [0.15, 0.2) is 30.3 Å². The van der Waals surface area contributed by atoms with Crippen molar-refractivity contribution in [2.24, 2.45) is 0 Å². The summed E-state index contributed by atoms with van der Waals surface area (Å²) in [5.41, 5.74) is -1.43. The Kier molecular flexibility index (Phi) is 6.30. The van der Waals surface area contributed by atoms with Gasteiger partial charge in [0.15, 0.2) is 0 Å². The van der Waals surface area contributed by atoms with Crippen molar-refractivity contribution in [1.82, 2.24) is 9.88 Å². The molecule has 0 aliphatic heterocycles. The summed E-state index contributed by atoms with van der Waals surface area (Å²) in [6, 6.07) is 6.94. The molecule has 0 aliphatic carbocycles. The Morgan fingerprint density at radius 1 is 1.17 bits per heavy atom. The molecule has 0 radical (unpaired) electrons. The highest BCUT2D eigenvalue weighted by Gasteiger charge is 2.37. The van der Waals surface area contributed by atoms with Crippen molar-refractivity contribution < 1.29 is 32.6 Å². The molecule has 0 fully saturated rings. The molecule has 6 nitrogen and oxygen atoms in total. The van der Waals surface area contributed by atoms with Gasteiger partial charge in [-0.3, -0.25) is 0 Å². The second-order valence-corrected chi connectivity index (χ2v) is 7.41. The van der Waals surface area contributed by atoms with Crippen LogP contribution in [0.3, 0.4) is 0 Å². The minimum Gasteiger partial charge on any atom is -0.477 e. The van der Waals surface area contributed by atoms with Crippen molar-refractivity contribution in [2.45, 2.75) is 52.4 Å². The maximum absolute atomic E-state index is 13.4. The lowest BCUT2D eigenvalue weighted by atomic mass is 10.1. The summed E-state index contributed by atoms with van der Waals surface area (Å²) in [4.78, 5) is 23.4. The van der Waals surface area contributed by atoms with E-state index in [1.165, 1.54) is 19.1 Å². The average Bonchev–Trinajstić information content (AvgIpc) is 2.99. The number of alkyl halides is 3. The van der Waals surface area contributed by atoms with Gasteiger partial charge in [0.25, 0.3) is 0 Å². The van der Waals surface area contributed by atoms with Crippen LogP contribution in [0.5, 0.6) is 0 Å². The van der Waals surface area contributed by atoms with Gasteiger partial charge in [-0.2, -0.15) is 13.2 Å². The fraction of sp³-hybridized carbons (Fsp3) is 0.400. The van der Waals surface area contributed by atoms with E-state index < -0.39 is 35.1 Å². The van der Waals surface area contributed by atoms with Gasteiger partial charge in [-0.1, -0.05) is 19.1 Å². The molecule has 158 valence electrons. The second kappa shape index (κ2) is 8.18. The van der Waals surface area contributed by atoms with E-state index in [4.69, 9.17) is 4.74 Å². The SMILES string of the molecule is CCc1c(C(F)(F)F)cc(C(=O)O)n1-c1cccc(CNC(=O)OC(C)(C)C)c1. The van der Waals surface area contributed by atoms with E-state index in [1.807, 2.05) is 0 Å². The fourth-order valence-corrected chi connectivity index (χ4v) is 2.89. The third-order valence-corrected chi connectivity index (χ3v) is 3.97. The highest BCUT2D eigenvalue weighted by Crippen LogP contribution is 2.36. The smallest absolute Gasteiger partial charge is 0.418 e. The number of alkyl carbamates (subject to hydrolysis) is 1. The highest BCUT2D eigenvalue weighted by molar-refractivity contribution is 5.87. The number of carboxylic acid groups (broad SMARTS) is 1. The molecule has 1 amide bonds. The van der Waals surface area contributed by atoms with Gasteiger partial charge in [0.2, 0.25) is 0 Å². The summed E-state index contributed by atoms with van der Waals surface area (Å²) >= 11 is 0. The predicted molar refractivity (Wildman–Crippen MR) is 100 cm³/mol. The van der Waals surface area contributed by atoms with Crippen molar-refractivity contribution in [3.8, 4) is 5.69 Å². The number of hydrogen-bond donors (Lipinski definition) is 2. The Morgan fingerprint density at radius 2 is 1.83 bits per heavy atom. The molecular weight excluding hydrogens is 389 g/mol.